The van der Waals surface area contributed by atoms with Gasteiger partial charge in [-0.25, -0.2) is 0 Å². The summed E-state index contributed by atoms with van der Waals surface area (Å²) in [5, 5.41) is 0. The lowest BCUT2D eigenvalue weighted by Gasteiger charge is -2.39. The number of piperidine rings is 1. The van der Waals surface area contributed by atoms with Gasteiger partial charge in [0, 0.05) is 6.04 Å². The molecule has 0 saturated carbocycles. The summed E-state index contributed by atoms with van der Waals surface area (Å²) in [6.45, 7) is 5.53. The molecule has 1 fully saturated rings. The second-order valence-corrected chi connectivity index (χ2v) is 4.35. The van der Waals surface area contributed by atoms with Gasteiger partial charge < -0.3 is 5.73 Å². The molecule has 13 heavy (non-hydrogen) atoms. The van der Waals surface area contributed by atoms with E-state index in [0.717, 1.165) is 6.54 Å². The second kappa shape index (κ2) is 4.91. The summed E-state index contributed by atoms with van der Waals surface area (Å²) < 4.78 is 0. The van der Waals surface area contributed by atoms with Crippen LogP contribution in [0.1, 0.15) is 39.5 Å². The Morgan fingerprint density at radius 1 is 1.62 bits per heavy atom. The lowest BCUT2D eigenvalue weighted by atomic mass is 9.98. The van der Waals surface area contributed by atoms with Gasteiger partial charge in [-0.1, -0.05) is 25.6 Å². The van der Waals surface area contributed by atoms with E-state index in [0.29, 0.717) is 11.0 Å². The summed E-state index contributed by atoms with van der Waals surface area (Å²) >= 11 is 5.04. The molecule has 1 aliphatic rings. The second-order valence-electron chi connectivity index (χ2n) is 3.87. The van der Waals surface area contributed by atoms with Crippen molar-refractivity contribution >= 4 is 17.2 Å². The van der Waals surface area contributed by atoms with Gasteiger partial charge in [0.25, 0.3) is 0 Å². The highest BCUT2D eigenvalue weighted by molar-refractivity contribution is 7.80. The maximum absolute atomic E-state index is 5.67. The maximum Gasteiger partial charge on any atom is 0.0899 e. The molecule has 76 valence electrons. The summed E-state index contributed by atoms with van der Waals surface area (Å²) in [6.07, 6.45) is 5.18. The van der Waals surface area contributed by atoms with Crippen LogP contribution in [0.4, 0.5) is 0 Å². The zero-order chi connectivity index (χ0) is 9.84. The summed E-state index contributed by atoms with van der Waals surface area (Å²) in [6, 6.07) is 0.977. The Hall–Kier alpha value is -0.150. The molecule has 1 aliphatic heterocycles. The van der Waals surface area contributed by atoms with Gasteiger partial charge in [-0.05, 0) is 32.7 Å². The normalized spacial score (nSPS) is 27.1. The minimum atomic E-state index is 0.278. The molecule has 1 rings (SSSR count). The summed E-state index contributed by atoms with van der Waals surface area (Å²) in [7, 11) is 0. The van der Waals surface area contributed by atoms with Crippen molar-refractivity contribution in [3.05, 3.63) is 0 Å². The third-order valence-corrected chi connectivity index (χ3v) is 3.39. The number of nitrogens with zero attached hydrogens (tertiary/aromatic N) is 1. The summed E-state index contributed by atoms with van der Waals surface area (Å²) in [4.78, 5) is 3.10. The average Bonchev–Trinajstić information content (AvgIpc) is 2.16. The van der Waals surface area contributed by atoms with E-state index in [-0.39, 0.29) is 6.04 Å². The maximum atomic E-state index is 5.67. The Morgan fingerprint density at radius 2 is 2.31 bits per heavy atom. The first-order chi connectivity index (χ1) is 6.16. The van der Waals surface area contributed by atoms with Gasteiger partial charge in [0.15, 0.2) is 0 Å². The minimum absolute atomic E-state index is 0.278. The molecular formula is C10H20N2S. The third-order valence-electron chi connectivity index (χ3n) is 3.05. The van der Waals surface area contributed by atoms with Gasteiger partial charge in [0.2, 0.25) is 0 Å². The van der Waals surface area contributed by atoms with Gasteiger partial charge in [0.05, 0.1) is 11.0 Å². The van der Waals surface area contributed by atoms with Gasteiger partial charge in [-0.2, -0.15) is 0 Å². The smallest absolute Gasteiger partial charge is 0.0899 e. The van der Waals surface area contributed by atoms with Crippen LogP contribution < -0.4 is 5.73 Å². The molecule has 0 aliphatic carbocycles. The monoisotopic (exact) mass is 200 g/mol. The highest BCUT2D eigenvalue weighted by Crippen LogP contribution is 2.21. The lowest BCUT2D eigenvalue weighted by molar-refractivity contribution is 0.129. The number of thiocarbonyl (C=S) groups is 1. The molecule has 2 N–H and O–H groups in total. The number of hydrogen-bond acceptors (Lipinski definition) is 2. The quantitative estimate of drug-likeness (QED) is 0.706. The van der Waals surface area contributed by atoms with Crippen LogP contribution in [0.5, 0.6) is 0 Å². The van der Waals surface area contributed by atoms with Crippen LogP contribution in [0.25, 0.3) is 0 Å². The van der Waals surface area contributed by atoms with Gasteiger partial charge in [0.1, 0.15) is 0 Å². The van der Waals surface area contributed by atoms with Crippen molar-refractivity contribution in [2.24, 2.45) is 5.73 Å². The van der Waals surface area contributed by atoms with E-state index in [4.69, 9.17) is 18.0 Å². The van der Waals surface area contributed by atoms with Crippen molar-refractivity contribution in [2.75, 3.05) is 6.54 Å². The van der Waals surface area contributed by atoms with Gasteiger partial charge in [-0.3, -0.25) is 4.90 Å². The van der Waals surface area contributed by atoms with Crippen LogP contribution in [0, 0.1) is 0 Å². The Bertz CT molecular complexity index is 182. The Labute approximate surface area is 86.5 Å². The molecule has 2 unspecified atom stereocenters. The topological polar surface area (TPSA) is 29.3 Å². The molecule has 0 aromatic heterocycles. The first-order valence-corrected chi connectivity index (χ1v) is 5.62. The summed E-state index contributed by atoms with van der Waals surface area (Å²) in [5.74, 6) is 0. The predicted molar refractivity (Wildman–Crippen MR) is 60.9 cm³/mol. The largest absolute Gasteiger partial charge is 0.392 e. The average molecular weight is 200 g/mol. The molecule has 0 aromatic carbocycles. The van der Waals surface area contributed by atoms with Crippen molar-refractivity contribution < 1.29 is 0 Å². The Balaban J connectivity index is 2.58. The first kappa shape index (κ1) is 10.9. The fourth-order valence-electron chi connectivity index (χ4n) is 2.13. The van der Waals surface area contributed by atoms with E-state index in [2.05, 4.69) is 18.7 Å². The highest BCUT2D eigenvalue weighted by Gasteiger charge is 2.26. The van der Waals surface area contributed by atoms with Crippen molar-refractivity contribution in [3.8, 4) is 0 Å². The number of rotatable bonds is 3. The lowest BCUT2D eigenvalue weighted by Crippen LogP contribution is -2.49. The third kappa shape index (κ3) is 2.64. The highest BCUT2D eigenvalue weighted by atomic mass is 32.1. The molecule has 0 amide bonds. The van der Waals surface area contributed by atoms with Crippen LogP contribution in [0.15, 0.2) is 0 Å². The number of nitrogens with two attached hydrogens (primary N) is 1. The van der Waals surface area contributed by atoms with E-state index in [1.165, 1.54) is 25.7 Å². The minimum Gasteiger partial charge on any atom is -0.392 e. The predicted octanol–water partition coefficient (Wildman–Crippen LogP) is 1.93. The standard InChI is InChI=1S/C10H20N2S/c1-3-9-6-4-5-7-12(9)8(2)10(11)13/h8-9H,3-7H2,1-2H3,(H2,11,13). The number of likely N-dealkylation sites (tertiary alicyclic amines) is 1. The fourth-order valence-corrected chi connectivity index (χ4v) is 2.27. The zero-order valence-corrected chi connectivity index (χ0v) is 9.44. The molecule has 2 nitrogen and oxygen atoms in total. The molecule has 0 spiro atoms. The molecule has 0 radical (unpaired) electrons. The molecule has 3 heteroatoms. The zero-order valence-electron chi connectivity index (χ0n) is 8.62. The molecule has 2 atom stereocenters. The van der Waals surface area contributed by atoms with E-state index in [1.807, 2.05) is 0 Å². The van der Waals surface area contributed by atoms with Gasteiger partial charge in [-0.15, -0.1) is 0 Å². The van der Waals surface area contributed by atoms with Crippen LogP contribution >= 0.6 is 12.2 Å². The molecular weight excluding hydrogens is 180 g/mol. The Kier molecular flexibility index (Phi) is 4.13. The first-order valence-electron chi connectivity index (χ1n) is 5.22. The van der Waals surface area contributed by atoms with E-state index < -0.39 is 0 Å². The van der Waals surface area contributed by atoms with Gasteiger partial charge >= 0.3 is 0 Å². The SMILES string of the molecule is CCC1CCCCN1C(C)C(N)=S. The van der Waals surface area contributed by atoms with Crippen molar-refractivity contribution in [3.63, 3.8) is 0 Å². The van der Waals surface area contributed by atoms with E-state index in [1.54, 1.807) is 0 Å². The fraction of sp³-hybridized carbons (Fsp3) is 0.900. The van der Waals surface area contributed by atoms with E-state index >= 15 is 0 Å². The van der Waals surface area contributed by atoms with Crippen molar-refractivity contribution in [2.45, 2.75) is 51.6 Å². The summed E-state index contributed by atoms with van der Waals surface area (Å²) in [5.41, 5.74) is 5.67. The van der Waals surface area contributed by atoms with Crippen molar-refractivity contribution in [1.29, 1.82) is 0 Å². The molecule has 1 heterocycles. The molecule has 1 saturated heterocycles. The van der Waals surface area contributed by atoms with Crippen LogP contribution in [-0.4, -0.2) is 28.5 Å². The van der Waals surface area contributed by atoms with Crippen LogP contribution in [0.3, 0.4) is 0 Å². The van der Waals surface area contributed by atoms with Crippen molar-refractivity contribution in [1.82, 2.24) is 4.90 Å². The van der Waals surface area contributed by atoms with E-state index in [9.17, 15) is 0 Å². The molecule has 0 bridgehead atoms. The Morgan fingerprint density at radius 3 is 2.85 bits per heavy atom. The van der Waals surface area contributed by atoms with Crippen LogP contribution in [-0.2, 0) is 0 Å². The van der Waals surface area contributed by atoms with Crippen LogP contribution in [0.2, 0.25) is 0 Å². The number of hydrogen-bond donors (Lipinski definition) is 1. The molecule has 0 aromatic rings.